The summed E-state index contributed by atoms with van der Waals surface area (Å²) in [5.41, 5.74) is 2.03. The highest BCUT2D eigenvalue weighted by molar-refractivity contribution is 6.30. The maximum atomic E-state index is 12.3. The molecule has 1 unspecified atom stereocenters. The minimum atomic E-state index is -0.197. The van der Waals surface area contributed by atoms with Crippen LogP contribution in [0.1, 0.15) is 11.5 Å². The number of carbonyl (C=O) groups is 1. The Morgan fingerprint density at radius 2 is 2.21 bits per heavy atom. The fourth-order valence-corrected chi connectivity index (χ4v) is 2.36. The van der Waals surface area contributed by atoms with Gasteiger partial charge in [-0.1, -0.05) is 29.8 Å². The zero-order valence-corrected chi connectivity index (χ0v) is 10.8. The normalized spacial score (nSPS) is 16.6. The highest BCUT2D eigenvalue weighted by atomic mass is 35.5. The Balaban J connectivity index is 1.79. The number of hydrogen-bond acceptors (Lipinski definition) is 3. The van der Waals surface area contributed by atoms with Gasteiger partial charge >= 0.3 is 0 Å². The van der Waals surface area contributed by atoms with E-state index in [0.29, 0.717) is 17.4 Å². The molecule has 0 spiro atoms. The number of aromatic nitrogens is 1. The van der Waals surface area contributed by atoms with Crippen molar-refractivity contribution in [1.82, 2.24) is 4.98 Å². The van der Waals surface area contributed by atoms with E-state index in [1.54, 1.807) is 18.3 Å². The molecule has 1 aliphatic heterocycles. The standard InChI is InChI=1S/C14H12ClN3O/c15-9-5-6-16-13(7-9)18-14(19)11-8-17-12-4-2-1-3-10(11)12/h1-7,11,17H,8H2,(H,16,18,19). The molecular weight excluding hydrogens is 262 g/mol. The van der Waals surface area contributed by atoms with Gasteiger partial charge in [-0.05, 0) is 23.8 Å². The van der Waals surface area contributed by atoms with Crippen LogP contribution in [0, 0.1) is 0 Å². The third-order valence-electron chi connectivity index (χ3n) is 3.12. The van der Waals surface area contributed by atoms with Crippen molar-refractivity contribution in [1.29, 1.82) is 0 Å². The largest absolute Gasteiger partial charge is 0.384 e. The molecule has 1 amide bonds. The third kappa shape index (κ3) is 2.39. The van der Waals surface area contributed by atoms with Crippen LogP contribution in [0.2, 0.25) is 5.02 Å². The van der Waals surface area contributed by atoms with E-state index in [0.717, 1.165) is 11.3 Å². The van der Waals surface area contributed by atoms with Crippen LogP contribution >= 0.6 is 11.6 Å². The van der Waals surface area contributed by atoms with Crippen LogP contribution in [0.3, 0.4) is 0 Å². The first-order valence-electron chi connectivity index (χ1n) is 5.99. The Morgan fingerprint density at radius 1 is 1.37 bits per heavy atom. The number of nitrogens with zero attached hydrogens (tertiary/aromatic N) is 1. The second kappa shape index (κ2) is 4.90. The second-order valence-electron chi connectivity index (χ2n) is 4.37. The summed E-state index contributed by atoms with van der Waals surface area (Å²) in [6.45, 7) is 0.603. The quantitative estimate of drug-likeness (QED) is 0.885. The summed E-state index contributed by atoms with van der Waals surface area (Å²) >= 11 is 5.87. The zero-order chi connectivity index (χ0) is 13.2. The van der Waals surface area contributed by atoms with Gasteiger partial charge < -0.3 is 10.6 Å². The molecule has 1 atom stereocenters. The first-order valence-corrected chi connectivity index (χ1v) is 6.37. The predicted octanol–water partition coefficient (Wildman–Crippen LogP) is 2.88. The molecule has 3 rings (SSSR count). The molecule has 0 aliphatic carbocycles. The third-order valence-corrected chi connectivity index (χ3v) is 3.36. The van der Waals surface area contributed by atoms with E-state index in [1.807, 2.05) is 24.3 Å². The molecule has 1 aromatic carbocycles. The number of halogens is 1. The summed E-state index contributed by atoms with van der Waals surface area (Å²) in [5.74, 6) is 0.200. The SMILES string of the molecule is O=C(Nc1cc(Cl)ccn1)C1CNc2ccccc21. The summed E-state index contributed by atoms with van der Waals surface area (Å²) in [7, 11) is 0. The first kappa shape index (κ1) is 12.0. The van der Waals surface area contributed by atoms with Gasteiger partial charge in [-0.15, -0.1) is 0 Å². The monoisotopic (exact) mass is 273 g/mol. The van der Waals surface area contributed by atoms with Gasteiger partial charge in [0, 0.05) is 23.5 Å². The summed E-state index contributed by atoms with van der Waals surface area (Å²) in [6.07, 6.45) is 1.57. The molecular formula is C14H12ClN3O. The predicted molar refractivity (Wildman–Crippen MR) is 75.5 cm³/mol. The first-order chi connectivity index (χ1) is 9.24. The Morgan fingerprint density at radius 3 is 3.05 bits per heavy atom. The van der Waals surface area contributed by atoms with Gasteiger partial charge in [0.25, 0.3) is 0 Å². The van der Waals surface area contributed by atoms with Crippen LogP contribution in [-0.4, -0.2) is 17.4 Å². The number of rotatable bonds is 2. The number of hydrogen-bond donors (Lipinski definition) is 2. The van der Waals surface area contributed by atoms with Crippen molar-refractivity contribution in [3.8, 4) is 0 Å². The summed E-state index contributed by atoms with van der Waals surface area (Å²) < 4.78 is 0. The van der Waals surface area contributed by atoms with Gasteiger partial charge in [-0.25, -0.2) is 4.98 Å². The number of carbonyl (C=O) groups excluding carboxylic acids is 1. The Kier molecular flexibility index (Phi) is 3.09. The Labute approximate surface area is 115 Å². The Hall–Kier alpha value is -2.07. The lowest BCUT2D eigenvalue weighted by molar-refractivity contribution is -0.117. The lowest BCUT2D eigenvalue weighted by Crippen LogP contribution is -2.22. The summed E-state index contributed by atoms with van der Waals surface area (Å²) in [6, 6.07) is 11.1. The van der Waals surface area contributed by atoms with Crippen molar-refractivity contribution in [3.05, 3.63) is 53.2 Å². The van der Waals surface area contributed by atoms with Crippen molar-refractivity contribution in [2.45, 2.75) is 5.92 Å². The molecule has 1 aromatic heterocycles. The maximum absolute atomic E-state index is 12.3. The van der Waals surface area contributed by atoms with Crippen molar-refractivity contribution in [2.75, 3.05) is 17.2 Å². The fourth-order valence-electron chi connectivity index (χ4n) is 2.20. The van der Waals surface area contributed by atoms with Crippen LogP contribution in [0.25, 0.3) is 0 Å². The van der Waals surface area contributed by atoms with Crippen molar-refractivity contribution >= 4 is 29.0 Å². The van der Waals surface area contributed by atoms with Crippen LogP contribution in [-0.2, 0) is 4.79 Å². The maximum Gasteiger partial charge on any atom is 0.234 e. The number of nitrogens with one attached hydrogen (secondary N) is 2. The van der Waals surface area contributed by atoms with Crippen LogP contribution in [0.4, 0.5) is 11.5 Å². The van der Waals surface area contributed by atoms with Crippen LogP contribution in [0.15, 0.2) is 42.6 Å². The number of fused-ring (bicyclic) bond motifs is 1. The summed E-state index contributed by atoms with van der Waals surface area (Å²) in [5, 5.41) is 6.56. The average molecular weight is 274 g/mol. The molecule has 1 aliphatic rings. The molecule has 96 valence electrons. The van der Waals surface area contributed by atoms with E-state index in [2.05, 4.69) is 15.6 Å². The second-order valence-corrected chi connectivity index (χ2v) is 4.81. The van der Waals surface area contributed by atoms with Crippen molar-refractivity contribution in [3.63, 3.8) is 0 Å². The molecule has 2 aromatic rings. The van der Waals surface area contributed by atoms with Crippen LogP contribution in [0.5, 0.6) is 0 Å². The topological polar surface area (TPSA) is 54.0 Å². The smallest absolute Gasteiger partial charge is 0.234 e. The molecule has 4 nitrogen and oxygen atoms in total. The molecule has 0 bridgehead atoms. The van der Waals surface area contributed by atoms with E-state index < -0.39 is 0 Å². The van der Waals surface area contributed by atoms with E-state index in [-0.39, 0.29) is 11.8 Å². The van der Waals surface area contributed by atoms with Gasteiger partial charge in [0.2, 0.25) is 5.91 Å². The molecule has 0 saturated heterocycles. The van der Waals surface area contributed by atoms with Crippen LogP contribution < -0.4 is 10.6 Å². The number of anilines is 2. The van der Waals surface area contributed by atoms with Crippen molar-refractivity contribution in [2.24, 2.45) is 0 Å². The number of benzene rings is 1. The highest BCUT2D eigenvalue weighted by Crippen LogP contribution is 2.31. The fraction of sp³-hybridized carbons (Fsp3) is 0.143. The molecule has 2 N–H and O–H groups in total. The van der Waals surface area contributed by atoms with Gasteiger partial charge in [0.1, 0.15) is 5.82 Å². The van der Waals surface area contributed by atoms with E-state index in [1.165, 1.54) is 0 Å². The number of pyridine rings is 1. The molecule has 0 saturated carbocycles. The van der Waals surface area contributed by atoms with Crippen molar-refractivity contribution < 1.29 is 4.79 Å². The van der Waals surface area contributed by atoms with E-state index in [9.17, 15) is 4.79 Å². The Bertz CT molecular complexity index is 630. The van der Waals surface area contributed by atoms with E-state index in [4.69, 9.17) is 11.6 Å². The zero-order valence-electron chi connectivity index (χ0n) is 10.1. The summed E-state index contributed by atoms with van der Waals surface area (Å²) in [4.78, 5) is 16.3. The molecule has 0 radical (unpaired) electrons. The number of amides is 1. The number of para-hydroxylation sites is 1. The molecule has 19 heavy (non-hydrogen) atoms. The highest BCUT2D eigenvalue weighted by Gasteiger charge is 2.28. The van der Waals surface area contributed by atoms with Gasteiger partial charge in [-0.2, -0.15) is 0 Å². The van der Waals surface area contributed by atoms with E-state index >= 15 is 0 Å². The minimum Gasteiger partial charge on any atom is -0.384 e. The van der Waals surface area contributed by atoms with Gasteiger partial charge in [0.15, 0.2) is 0 Å². The molecule has 5 heteroatoms. The molecule has 2 heterocycles. The lowest BCUT2D eigenvalue weighted by atomic mass is 10.0. The van der Waals surface area contributed by atoms with Gasteiger partial charge in [0.05, 0.1) is 5.92 Å². The molecule has 0 fully saturated rings. The van der Waals surface area contributed by atoms with Gasteiger partial charge in [-0.3, -0.25) is 4.79 Å². The average Bonchev–Trinajstić information content (AvgIpc) is 2.82. The lowest BCUT2D eigenvalue weighted by Gasteiger charge is -2.10. The minimum absolute atomic E-state index is 0.0767.